The molecule has 2 aromatic rings. The van der Waals surface area contributed by atoms with Crippen molar-refractivity contribution in [2.24, 2.45) is 0 Å². The number of nitrogens with one attached hydrogen (secondary N) is 1. The van der Waals surface area contributed by atoms with Crippen molar-refractivity contribution >= 4 is 42.1 Å². The van der Waals surface area contributed by atoms with Crippen LogP contribution in [0.5, 0.6) is 0 Å². The molecule has 0 saturated carbocycles. The van der Waals surface area contributed by atoms with Crippen molar-refractivity contribution in [1.29, 1.82) is 0 Å². The molecule has 1 aromatic heterocycles. The maximum atomic E-state index is 13.1. The summed E-state index contributed by atoms with van der Waals surface area (Å²) < 4.78 is 0. The van der Waals surface area contributed by atoms with Crippen molar-refractivity contribution in [3.8, 4) is 11.3 Å². The number of hydrogen-bond donors (Lipinski definition) is 1. The largest absolute Gasteiger partial charge is 0.336 e. The Morgan fingerprint density at radius 1 is 1.31 bits per heavy atom. The van der Waals surface area contributed by atoms with Crippen molar-refractivity contribution in [1.82, 2.24) is 15.2 Å². The van der Waals surface area contributed by atoms with Gasteiger partial charge < -0.3 is 10.2 Å². The second-order valence-electron chi connectivity index (χ2n) is 6.31. The average Bonchev–Trinajstić information content (AvgIpc) is 3.06. The van der Waals surface area contributed by atoms with E-state index in [-0.39, 0.29) is 30.7 Å². The number of rotatable bonds is 5. The van der Waals surface area contributed by atoms with Gasteiger partial charge in [0.05, 0.1) is 10.7 Å². The van der Waals surface area contributed by atoms with Gasteiger partial charge in [-0.3, -0.25) is 4.79 Å². The lowest BCUT2D eigenvalue weighted by molar-refractivity contribution is 0.0642. The van der Waals surface area contributed by atoms with Crippen LogP contribution in [0.15, 0.2) is 29.6 Å². The predicted octanol–water partition coefficient (Wildman–Crippen LogP) is 4.57. The van der Waals surface area contributed by atoms with E-state index < -0.39 is 0 Å². The third-order valence-corrected chi connectivity index (χ3v) is 5.27. The van der Waals surface area contributed by atoms with E-state index >= 15 is 0 Å². The molecule has 1 fully saturated rings. The van der Waals surface area contributed by atoms with Crippen molar-refractivity contribution in [3.05, 3.63) is 40.2 Å². The quantitative estimate of drug-likeness (QED) is 0.777. The summed E-state index contributed by atoms with van der Waals surface area (Å²) in [6.45, 7) is 6.95. The van der Waals surface area contributed by atoms with E-state index in [0.717, 1.165) is 60.7 Å². The molecule has 1 aromatic carbocycles. The number of carbonyl (C=O) groups excluding carboxylic acids is 1. The first-order valence-electron chi connectivity index (χ1n) is 8.73. The Bertz CT molecular complexity index is 702. The molecule has 1 aliphatic heterocycles. The summed E-state index contributed by atoms with van der Waals surface area (Å²) in [5.41, 5.74) is 2.74. The molecule has 0 unspecified atom stereocenters. The summed E-state index contributed by atoms with van der Waals surface area (Å²) in [7, 11) is 0. The van der Waals surface area contributed by atoms with Crippen molar-refractivity contribution in [3.63, 3.8) is 0 Å². The number of thiazole rings is 1. The molecule has 1 aliphatic rings. The number of halogens is 2. The molecule has 4 nitrogen and oxygen atoms in total. The summed E-state index contributed by atoms with van der Waals surface area (Å²) in [6.07, 6.45) is 3.06. The monoisotopic (exact) mass is 415 g/mol. The van der Waals surface area contributed by atoms with E-state index in [1.165, 1.54) is 0 Å². The number of hydrogen-bond acceptors (Lipinski definition) is 4. The molecular weight excluding hydrogens is 389 g/mol. The van der Waals surface area contributed by atoms with Gasteiger partial charge in [-0.25, -0.2) is 4.98 Å². The number of nitrogens with zero attached hydrogens (tertiary/aromatic N) is 2. The summed E-state index contributed by atoms with van der Waals surface area (Å²) in [6, 6.07) is 8.25. The Morgan fingerprint density at radius 2 is 2.04 bits per heavy atom. The Hall–Kier alpha value is -1.14. The van der Waals surface area contributed by atoms with Crippen LogP contribution in [0.3, 0.4) is 0 Å². The highest BCUT2D eigenvalue weighted by Crippen LogP contribution is 2.24. The van der Waals surface area contributed by atoms with Crippen LogP contribution in [0, 0.1) is 6.92 Å². The van der Waals surface area contributed by atoms with Gasteiger partial charge in [0, 0.05) is 29.1 Å². The van der Waals surface area contributed by atoms with Crippen LogP contribution in [0.25, 0.3) is 11.3 Å². The predicted molar refractivity (Wildman–Crippen MR) is 114 cm³/mol. The second-order valence-corrected chi connectivity index (χ2v) is 7.37. The average molecular weight is 416 g/mol. The molecular formula is C19H27Cl2N3OS. The van der Waals surface area contributed by atoms with Crippen LogP contribution in [-0.4, -0.2) is 41.5 Å². The SMILES string of the molecule is CCCN(C(=O)c1cccc(-c2csc(C)n2)c1)C1CCNCC1.Cl.Cl. The van der Waals surface area contributed by atoms with Gasteiger partial charge in [0.25, 0.3) is 5.91 Å². The number of benzene rings is 1. The van der Waals surface area contributed by atoms with Crippen molar-refractivity contribution in [2.75, 3.05) is 19.6 Å². The fourth-order valence-corrected chi connectivity index (χ4v) is 3.90. The van der Waals surface area contributed by atoms with Crippen molar-refractivity contribution < 1.29 is 4.79 Å². The first kappa shape index (κ1) is 22.9. The molecule has 1 saturated heterocycles. The molecule has 0 aliphatic carbocycles. The minimum Gasteiger partial charge on any atom is -0.336 e. The van der Waals surface area contributed by atoms with E-state index in [2.05, 4.69) is 27.5 Å². The molecule has 1 amide bonds. The Labute approximate surface area is 172 Å². The first-order valence-corrected chi connectivity index (χ1v) is 9.61. The summed E-state index contributed by atoms with van der Waals surface area (Å²) in [5.74, 6) is 0.151. The van der Waals surface area contributed by atoms with E-state index in [4.69, 9.17) is 0 Å². The van der Waals surface area contributed by atoms with Gasteiger partial charge in [-0.15, -0.1) is 36.2 Å². The topological polar surface area (TPSA) is 45.2 Å². The van der Waals surface area contributed by atoms with E-state index in [1.54, 1.807) is 11.3 Å². The molecule has 3 rings (SSSR count). The zero-order valence-electron chi connectivity index (χ0n) is 15.2. The van der Waals surface area contributed by atoms with Gasteiger partial charge in [0.2, 0.25) is 0 Å². The van der Waals surface area contributed by atoms with Gasteiger partial charge in [0.15, 0.2) is 0 Å². The molecule has 144 valence electrons. The zero-order chi connectivity index (χ0) is 16.9. The highest BCUT2D eigenvalue weighted by atomic mass is 35.5. The maximum absolute atomic E-state index is 13.1. The molecule has 7 heteroatoms. The lowest BCUT2D eigenvalue weighted by Gasteiger charge is -2.34. The molecule has 0 spiro atoms. The standard InChI is InChI=1S/C19H25N3OS.2ClH/c1-3-11-22(17-7-9-20-10-8-17)19(23)16-6-4-5-15(12-16)18-13-24-14(2)21-18;;/h4-6,12-13,17,20H,3,7-11H2,1-2H3;2*1H. The van der Waals surface area contributed by atoms with Crippen LogP contribution < -0.4 is 5.32 Å². The van der Waals surface area contributed by atoms with Crippen LogP contribution in [0.2, 0.25) is 0 Å². The van der Waals surface area contributed by atoms with E-state index in [1.807, 2.05) is 31.2 Å². The maximum Gasteiger partial charge on any atom is 0.254 e. The van der Waals surface area contributed by atoms with Crippen molar-refractivity contribution in [2.45, 2.75) is 39.2 Å². The molecule has 0 atom stereocenters. The van der Waals surface area contributed by atoms with Gasteiger partial charge >= 0.3 is 0 Å². The minimum absolute atomic E-state index is 0. The third kappa shape index (κ3) is 5.43. The second kappa shape index (κ2) is 10.9. The third-order valence-electron chi connectivity index (χ3n) is 4.50. The summed E-state index contributed by atoms with van der Waals surface area (Å²) in [4.78, 5) is 19.7. The zero-order valence-corrected chi connectivity index (χ0v) is 17.7. The normalized spacial score (nSPS) is 14.2. The minimum atomic E-state index is 0. The molecule has 0 bridgehead atoms. The fraction of sp³-hybridized carbons (Fsp3) is 0.474. The molecule has 0 radical (unpaired) electrons. The molecule has 26 heavy (non-hydrogen) atoms. The highest BCUT2D eigenvalue weighted by Gasteiger charge is 2.25. The Morgan fingerprint density at radius 3 is 2.65 bits per heavy atom. The first-order chi connectivity index (χ1) is 11.7. The van der Waals surface area contributed by atoms with Crippen LogP contribution in [0.1, 0.15) is 41.6 Å². The number of piperidine rings is 1. The number of aryl methyl sites for hydroxylation is 1. The lowest BCUT2D eigenvalue weighted by atomic mass is 10.0. The smallest absolute Gasteiger partial charge is 0.254 e. The van der Waals surface area contributed by atoms with E-state index in [0.29, 0.717) is 6.04 Å². The fourth-order valence-electron chi connectivity index (χ4n) is 3.28. The number of amides is 1. The lowest BCUT2D eigenvalue weighted by Crippen LogP contribution is -2.46. The molecule has 2 heterocycles. The van der Waals surface area contributed by atoms with Gasteiger partial charge in [-0.2, -0.15) is 0 Å². The molecule has 1 N–H and O–H groups in total. The van der Waals surface area contributed by atoms with Gasteiger partial charge in [-0.05, 0) is 51.4 Å². The summed E-state index contributed by atoms with van der Waals surface area (Å²) in [5, 5.41) is 6.47. The number of carbonyl (C=O) groups is 1. The van der Waals surface area contributed by atoms with Crippen LogP contribution >= 0.6 is 36.2 Å². The summed E-state index contributed by atoms with van der Waals surface area (Å²) >= 11 is 1.64. The Kier molecular flexibility index (Phi) is 9.58. The van der Waals surface area contributed by atoms with Crippen LogP contribution in [0.4, 0.5) is 0 Å². The van der Waals surface area contributed by atoms with E-state index in [9.17, 15) is 4.79 Å². The van der Waals surface area contributed by atoms with Crippen LogP contribution in [-0.2, 0) is 0 Å². The van der Waals surface area contributed by atoms with Gasteiger partial charge in [0.1, 0.15) is 0 Å². The Balaban J connectivity index is 0.00000169. The van der Waals surface area contributed by atoms with Gasteiger partial charge in [-0.1, -0.05) is 19.1 Å². The number of aromatic nitrogens is 1. The highest BCUT2D eigenvalue weighted by molar-refractivity contribution is 7.09.